The van der Waals surface area contributed by atoms with Crippen LogP contribution in [0.2, 0.25) is 0 Å². The lowest BCUT2D eigenvalue weighted by molar-refractivity contribution is -0.128. The molecule has 0 aromatic heterocycles. The van der Waals surface area contributed by atoms with Crippen LogP contribution in [-0.2, 0) is 4.79 Å². The van der Waals surface area contributed by atoms with E-state index in [1.165, 1.54) is 25.7 Å². The molecule has 0 radical (unpaired) electrons. The summed E-state index contributed by atoms with van der Waals surface area (Å²) in [6.45, 7) is 4.94. The van der Waals surface area contributed by atoms with E-state index in [1.54, 1.807) is 0 Å². The van der Waals surface area contributed by atoms with Gasteiger partial charge in [0.2, 0.25) is 5.91 Å². The predicted octanol–water partition coefficient (Wildman–Crippen LogP) is 2.45. The molecule has 100 valence electrons. The van der Waals surface area contributed by atoms with E-state index in [-0.39, 0.29) is 11.8 Å². The van der Waals surface area contributed by atoms with Gasteiger partial charge in [-0.2, -0.15) is 0 Å². The molecule has 17 heavy (non-hydrogen) atoms. The zero-order chi connectivity index (χ0) is 12.7. The molecule has 0 heterocycles. The Morgan fingerprint density at radius 1 is 1.41 bits per heavy atom. The fraction of sp³-hybridized carbons (Fsp3) is 0.929. The van der Waals surface area contributed by atoms with E-state index in [2.05, 4.69) is 19.2 Å². The summed E-state index contributed by atoms with van der Waals surface area (Å²) in [6, 6.07) is 0.308. The second-order valence-corrected chi connectivity index (χ2v) is 5.44. The smallest absolute Gasteiger partial charge is 0.223 e. The first-order valence-electron chi connectivity index (χ1n) is 7.19. The Labute approximate surface area is 106 Å². The van der Waals surface area contributed by atoms with E-state index >= 15 is 0 Å². The first-order valence-corrected chi connectivity index (χ1v) is 7.19. The number of nitrogens with one attached hydrogen (secondary N) is 1. The highest BCUT2D eigenvalue weighted by Crippen LogP contribution is 2.29. The van der Waals surface area contributed by atoms with E-state index in [1.807, 2.05) is 0 Å². The summed E-state index contributed by atoms with van der Waals surface area (Å²) in [4.78, 5) is 12.2. The van der Waals surface area contributed by atoms with Crippen molar-refractivity contribution < 1.29 is 4.79 Å². The average Bonchev–Trinajstić information content (AvgIpc) is 2.36. The van der Waals surface area contributed by atoms with Crippen molar-refractivity contribution in [2.45, 2.75) is 64.8 Å². The monoisotopic (exact) mass is 240 g/mol. The third kappa shape index (κ3) is 4.66. The Hall–Kier alpha value is -0.570. The van der Waals surface area contributed by atoms with Crippen LogP contribution < -0.4 is 11.1 Å². The maximum atomic E-state index is 12.2. The van der Waals surface area contributed by atoms with Gasteiger partial charge in [0.15, 0.2) is 0 Å². The largest absolute Gasteiger partial charge is 0.353 e. The third-order valence-electron chi connectivity index (χ3n) is 3.93. The third-order valence-corrected chi connectivity index (χ3v) is 3.93. The summed E-state index contributed by atoms with van der Waals surface area (Å²) < 4.78 is 0. The second-order valence-electron chi connectivity index (χ2n) is 5.44. The van der Waals surface area contributed by atoms with Gasteiger partial charge in [0.25, 0.3) is 0 Å². The van der Waals surface area contributed by atoms with Gasteiger partial charge in [-0.25, -0.2) is 0 Å². The SMILES string of the molecule is CCCCC(C)NC(=O)C1CCCCC1CN. The highest BCUT2D eigenvalue weighted by atomic mass is 16.1. The van der Waals surface area contributed by atoms with Crippen LogP contribution in [-0.4, -0.2) is 18.5 Å². The van der Waals surface area contributed by atoms with E-state index in [4.69, 9.17) is 5.73 Å². The number of amides is 1. The number of unbranched alkanes of at least 4 members (excludes halogenated alkanes) is 1. The maximum Gasteiger partial charge on any atom is 0.223 e. The van der Waals surface area contributed by atoms with Gasteiger partial charge in [-0.05, 0) is 38.6 Å². The zero-order valence-corrected chi connectivity index (χ0v) is 11.4. The first kappa shape index (κ1) is 14.5. The Kier molecular flexibility index (Phi) is 6.56. The molecule has 0 aliphatic heterocycles. The van der Waals surface area contributed by atoms with Crippen LogP contribution in [0.4, 0.5) is 0 Å². The summed E-state index contributed by atoms with van der Waals surface area (Å²) in [5.74, 6) is 0.809. The molecule has 3 N–H and O–H groups in total. The molecule has 1 aliphatic carbocycles. The van der Waals surface area contributed by atoms with Crippen molar-refractivity contribution in [3.8, 4) is 0 Å². The summed E-state index contributed by atoms with van der Waals surface area (Å²) in [5, 5.41) is 3.15. The fourth-order valence-corrected chi connectivity index (χ4v) is 2.77. The Morgan fingerprint density at radius 3 is 2.76 bits per heavy atom. The minimum atomic E-state index is 0.165. The minimum Gasteiger partial charge on any atom is -0.353 e. The molecule has 3 heteroatoms. The van der Waals surface area contributed by atoms with Crippen molar-refractivity contribution >= 4 is 5.91 Å². The van der Waals surface area contributed by atoms with Gasteiger partial charge in [0, 0.05) is 12.0 Å². The van der Waals surface area contributed by atoms with Crippen LogP contribution in [0.1, 0.15) is 58.8 Å². The molecule has 0 saturated heterocycles. The standard InChI is InChI=1S/C14H28N2O/c1-3-4-7-11(2)16-14(17)13-9-6-5-8-12(13)10-15/h11-13H,3-10,15H2,1-2H3,(H,16,17). The van der Waals surface area contributed by atoms with E-state index in [9.17, 15) is 4.79 Å². The van der Waals surface area contributed by atoms with Gasteiger partial charge in [0.05, 0.1) is 0 Å². The summed E-state index contributed by atoms with van der Waals surface area (Å²) >= 11 is 0. The molecular formula is C14H28N2O. The highest BCUT2D eigenvalue weighted by Gasteiger charge is 2.30. The van der Waals surface area contributed by atoms with E-state index < -0.39 is 0 Å². The molecule has 0 spiro atoms. The topological polar surface area (TPSA) is 55.1 Å². The van der Waals surface area contributed by atoms with Crippen LogP contribution in [0.25, 0.3) is 0 Å². The lowest BCUT2D eigenvalue weighted by Crippen LogP contribution is -2.42. The lowest BCUT2D eigenvalue weighted by atomic mass is 9.78. The summed E-state index contributed by atoms with van der Waals surface area (Å²) in [6.07, 6.45) is 8.02. The van der Waals surface area contributed by atoms with Gasteiger partial charge in [-0.1, -0.05) is 32.6 Å². The van der Waals surface area contributed by atoms with Crippen LogP contribution in [0.15, 0.2) is 0 Å². The molecule has 1 fully saturated rings. The molecule has 3 nitrogen and oxygen atoms in total. The highest BCUT2D eigenvalue weighted by molar-refractivity contribution is 5.79. The average molecular weight is 240 g/mol. The molecule has 3 atom stereocenters. The maximum absolute atomic E-state index is 12.2. The molecule has 1 aliphatic rings. The quantitative estimate of drug-likeness (QED) is 0.749. The number of nitrogens with two attached hydrogens (primary N) is 1. The minimum absolute atomic E-state index is 0.165. The van der Waals surface area contributed by atoms with Gasteiger partial charge < -0.3 is 11.1 Å². The number of carbonyl (C=O) groups excluding carboxylic acids is 1. The van der Waals surface area contributed by atoms with Gasteiger partial charge in [0.1, 0.15) is 0 Å². The van der Waals surface area contributed by atoms with Gasteiger partial charge >= 0.3 is 0 Å². The Balaban J connectivity index is 2.39. The van der Waals surface area contributed by atoms with Crippen LogP contribution in [0.5, 0.6) is 0 Å². The van der Waals surface area contributed by atoms with Crippen molar-refractivity contribution in [1.29, 1.82) is 0 Å². The van der Waals surface area contributed by atoms with Crippen LogP contribution >= 0.6 is 0 Å². The molecule has 0 aromatic rings. The van der Waals surface area contributed by atoms with Crippen molar-refractivity contribution in [3.63, 3.8) is 0 Å². The lowest BCUT2D eigenvalue weighted by Gasteiger charge is -2.30. The molecular weight excluding hydrogens is 212 g/mol. The van der Waals surface area contributed by atoms with Gasteiger partial charge in [-0.15, -0.1) is 0 Å². The zero-order valence-electron chi connectivity index (χ0n) is 11.4. The van der Waals surface area contributed by atoms with Crippen molar-refractivity contribution in [2.24, 2.45) is 17.6 Å². The van der Waals surface area contributed by atoms with Gasteiger partial charge in [-0.3, -0.25) is 4.79 Å². The molecule has 0 bridgehead atoms. The van der Waals surface area contributed by atoms with E-state index in [0.717, 1.165) is 19.3 Å². The molecule has 1 rings (SSSR count). The number of rotatable bonds is 6. The predicted molar refractivity (Wildman–Crippen MR) is 71.6 cm³/mol. The van der Waals surface area contributed by atoms with E-state index in [0.29, 0.717) is 18.5 Å². The Bertz CT molecular complexity index is 230. The van der Waals surface area contributed by atoms with Crippen LogP contribution in [0.3, 0.4) is 0 Å². The van der Waals surface area contributed by atoms with Crippen molar-refractivity contribution in [2.75, 3.05) is 6.54 Å². The second kappa shape index (κ2) is 7.70. The first-order chi connectivity index (χ1) is 8.19. The van der Waals surface area contributed by atoms with Crippen molar-refractivity contribution in [3.05, 3.63) is 0 Å². The molecule has 1 amide bonds. The molecule has 3 unspecified atom stereocenters. The number of hydrogen-bond donors (Lipinski definition) is 2. The van der Waals surface area contributed by atoms with Crippen molar-refractivity contribution in [1.82, 2.24) is 5.32 Å². The number of carbonyl (C=O) groups is 1. The van der Waals surface area contributed by atoms with Crippen LogP contribution in [0, 0.1) is 11.8 Å². The summed E-state index contributed by atoms with van der Waals surface area (Å²) in [5.41, 5.74) is 5.76. The summed E-state index contributed by atoms with van der Waals surface area (Å²) in [7, 11) is 0. The molecule has 1 saturated carbocycles. The fourth-order valence-electron chi connectivity index (χ4n) is 2.77. The normalized spacial score (nSPS) is 26.5. The molecule has 0 aromatic carbocycles. The number of hydrogen-bond acceptors (Lipinski definition) is 2. The Morgan fingerprint density at radius 2 is 2.12 bits per heavy atom.